The van der Waals surface area contributed by atoms with Gasteiger partial charge in [0.1, 0.15) is 5.54 Å². The summed E-state index contributed by atoms with van der Waals surface area (Å²) in [5.74, 6) is -0.0397. The fourth-order valence-corrected chi connectivity index (χ4v) is 0.796. The predicted octanol–water partition coefficient (Wildman–Crippen LogP) is 1.36. The molecule has 0 aromatic rings. The van der Waals surface area contributed by atoms with E-state index in [0.717, 1.165) is 5.01 Å². The molecule has 0 fully saturated rings. The van der Waals surface area contributed by atoms with Gasteiger partial charge in [-0.1, -0.05) is 6.92 Å². The molecule has 11 heavy (non-hydrogen) atoms. The molecule has 0 radical (unpaired) electrons. The average molecular weight is 158 g/mol. The molecule has 64 valence electrons. The van der Waals surface area contributed by atoms with E-state index in [1.54, 1.807) is 6.92 Å². The Bertz CT molecular complexity index is 170. The van der Waals surface area contributed by atoms with E-state index in [2.05, 4.69) is 5.29 Å². The van der Waals surface area contributed by atoms with E-state index in [9.17, 15) is 9.70 Å². The largest absolute Gasteiger partial charge is 0.297 e. The number of likely N-dealkylation sites (N-methyl/N-ethyl adjacent to an activating group) is 1. The Kier molecular flexibility index (Phi) is 3.17. The Balaban J connectivity index is 4.58. The van der Waals surface area contributed by atoms with Gasteiger partial charge in [-0.15, -0.1) is 4.91 Å². The summed E-state index contributed by atoms with van der Waals surface area (Å²) in [6.07, 6.45) is 0.588. The van der Waals surface area contributed by atoms with Crippen LogP contribution in [0.4, 0.5) is 0 Å². The number of hydrogen-bond donors (Lipinski definition) is 0. The first-order chi connectivity index (χ1) is 4.99. The molecule has 0 aliphatic heterocycles. The lowest BCUT2D eigenvalue weighted by Gasteiger charge is -2.30. The molecule has 0 aliphatic rings. The lowest BCUT2D eigenvalue weighted by atomic mass is 9.94. The van der Waals surface area contributed by atoms with Crippen LogP contribution in [0.2, 0.25) is 0 Å². The molecule has 0 N–H and O–H groups in total. The van der Waals surface area contributed by atoms with Crippen LogP contribution in [-0.2, 0) is 4.79 Å². The third-order valence-electron chi connectivity index (χ3n) is 2.28. The van der Waals surface area contributed by atoms with Crippen LogP contribution in [0.3, 0.4) is 0 Å². The van der Waals surface area contributed by atoms with Crippen molar-refractivity contribution in [1.29, 1.82) is 0 Å². The van der Waals surface area contributed by atoms with Crippen LogP contribution in [0, 0.1) is 4.91 Å². The fraction of sp³-hybridized carbons (Fsp3) is 0.857. The zero-order valence-electron chi connectivity index (χ0n) is 7.42. The number of Topliss-reactive ketones (excluding diaryl/α,β-unsaturated/α-hetero) is 1. The van der Waals surface area contributed by atoms with Gasteiger partial charge in [-0.25, -0.2) is 0 Å². The first kappa shape index (κ1) is 10.1. The normalized spacial score (nSPS) is 15.3. The first-order valence-corrected chi connectivity index (χ1v) is 3.57. The summed E-state index contributed by atoms with van der Waals surface area (Å²) in [6, 6.07) is 0. The van der Waals surface area contributed by atoms with Gasteiger partial charge in [0.15, 0.2) is 5.78 Å². The Hall–Kier alpha value is -0.930. The maximum absolute atomic E-state index is 11.1. The number of rotatable bonds is 4. The molecular formula is C7H14N2O2. The van der Waals surface area contributed by atoms with E-state index < -0.39 is 5.54 Å². The number of carbonyl (C=O) groups excluding carboxylic acids is 1. The first-order valence-electron chi connectivity index (χ1n) is 3.57. The monoisotopic (exact) mass is 158 g/mol. The number of carbonyl (C=O) groups is 1. The minimum absolute atomic E-state index is 0.0397. The van der Waals surface area contributed by atoms with E-state index in [4.69, 9.17) is 0 Å². The molecule has 1 atom stereocenters. The molecule has 1 unspecified atom stereocenters. The van der Waals surface area contributed by atoms with Gasteiger partial charge in [0.2, 0.25) is 0 Å². The van der Waals surface area contributed by atoms with E-state index in [-0.39, 0.29) is 5.78 Å². The second-order valence-corrected chi connectivity index (χ2v) is 2.79. The molecule has 0 rings (SSSR count). The third-order valence-corrected chi connectivity index (χ3v) is 2.28. The second-order valence-electron chi connectivity index (χ2n) is 2.79. The summed E-state index contributed by atoms with van der Waals surface area (Å²) >= 11 is 0. The van der Waals surface area contributed by atoms with Crippen LogP contribution in [-0.4, -0.2) is 23.4 Å². The summed E-state index contributed by atoms with van der Waals surface area (Å²) in [7, 11) is 1.51. The highest BCUT2D eigenvalue weighted by Crippen LogP contribution is 2.18. The van der Waals surface area contributed by atoms with Crippen LogP contribution in [0.15, 0.2) is 5.29 Å². The quantitative estimate of drug-likeness (QED) is 0.458. The van der Waals surface area contributed by atoms with Gasteiger partial charge < -0.3 is 0 Å². The van der Waals surface area contributed by atoms with Crippen molar-refractivity contribution < 1.29 is 4.79 Å². The third kappa shape index (κ3) is 1.76. The molecule has 0 aliphatic carbocycles. The zero-order valence-corrected chi connectivity index (χ0v) is 7.42. The molecule has 0 spiro atoms. The van der Waals surface area contributed by atoms with Crippen molar-refractivity contribution in [2.24, 2.45) is 5.29 Å². The van der Waals surface area contributed by atoms with Crippen molar-refractivity contribution in [2.75, 3.05) is 7.05 Å². The lowest BCUT2D eigenvalue weighted by molar-refractivity contribution is -0.127. The summed E-state index contributed by atoms with van der Waals surface area (Å²) < 4.78 is 0. The Morgan fingerprint density at radius 3 is 2.18 bits per heavy atom. The van der Waals surface area contributed by atoms with E-state index in [1.807, 2.05) is 6.92 Å². The fourth-order valence-electron chi connectivity index (χ4n) is 0.796. The van der Waals surface area contributed by atoms with Gasteiger partial charge >= 0.3 is 0 Å². The standard InChI is InChI=1S/C7H14N2O2/c1-5-7(3,6(2)10)9(4)8-11/h5H2,1-4H3. The summed E-state index contributed by atoms with van der Waals surface area (Å²) in [6.45, 7) is 5.02. The van der Waals surface area contributed by atoms with Gasteiger partial charge in [0.05, 0.1) is 5.29 Å². The molecule has 0 heterocycles. The van der Waals surface area contributed by atoms with Crippen LogP contribution < -0.4 is 0 Å². The number of ketones is 1. The topological polar surface area (TPSA) is 49.7 Å². The average Bonchev–Trinajstić information content (AvgIpc) is 2.01. The summed E-state index contributed by atoms with van der Waals surface area (Å²) in [4.78, 5) is 21.2. The molecular weight excluding hydrogens is 144 g/mol. The SMILES string of the molecule is CCC(C)(C(C)=O)N(C)N=O. The van der Waals surface area contributed by atoms with E-state index in [0.29, 0.717) is 6.42 Å². The van der Waals surface area contributed by atoms with Gasteiger partial charge in [-0.3, -0.25) is 9.80 Å². The van der Waals surface area contributed by atoms with Gasteiger partial charge in [-0.2, -0.15) is 0 Å². The van der Waals surface area contributed by atoms with Crippen molar-refractivity contribution in [1.82, 2.24) is 5.01 Å². The van der Waals surface area contributed by atoms with Crippen LogP contribution >= 0.6 is 0 Å². The maximum Gasteiger partial charge on any atom is 0.156 e. The highest BCUT2D eigenvalue weighted by molar-refractivity contribution is 5.85. The Morgan fingerprint density at radius 1 is 1.64 bits per heavy atom. The molecule has 0 aromatic carbocycles. The zero-order chi connectivity index (χ0) is 9.07. The van der Waals surface area contributed by atoms with Crippen LogP contribution in [0.1, 0.15) is 27.2 Å². The van der Waals surface area contributed by atoms with Crippen LogP contribution in [0.25, 0.3) is 0 Å². The molecule has 4 heteroatoms. The molecule has 4 nitrogen and oxygen atoms in total. The number of hydrogen-bond acceptors (Lipinski definition) is 3. The van der Waals surface area contributed by atoms with Crippen LogP contribution in [0.5, 0.6) is 0 Å². The summed E-state index contributed by atoms with van der Waals surface area (Å²) in [5, 5.41) is 3.88. The van der Waals surface area contributed by atoms with Crippen molar-refractivity contribution >= 4 is 5.78 Å². The van der Waals surface area contributed by atoms with E-state index in [1.165, 1.54) is 14.0 Å². The Morgan fingerprint density at radius 2 is 2.09 bits per heavy atom. The molecule has 0 saturated carbocycles. The molecule has 0 amide bonds. The maximum atomic E-state index is 11.1. The molecule has 0 bridgehead atoms. The number of nitrogens with zero attached hydrogens (tertiary/aromatic N) is 2. The minimum Gasteiger partial charge on any atom is -0.297 e. The van der Waals surface area contributed by atoms with Crippen molar-refractivity contribution in [2.45, 2.75) is 32.7 Å². The van der Waals surface area contributed by atoms with Gasteiger partial charge in [-0.05, 0) is 20.3 Å². The van der Waals surface area contributed by atoms with Gasteiger partial charge in [0, 0.05) is 7.05 Å². The van der Waals surface area contributed by atoms with Crippen molar-refractivity contribution in [3.63, 3.8) is 0 Å². The number of nitroso groups, excluding NO2 is 1. The highest BCUT2D eigenvalue weighted by atomic mass is 16.3. The Labute approximate surface area is 66.5 Å². The van der Waals surface area contributed by atoms with E-state index >= 15 is 0 Å². The van der Waals surface area contributed by atoms with Crippen molar-refractivity contribution in [3.8, 4) is 0 Å². The summed E-state index contributed by atoms with van der Waals surface area (Å²) in [5.41, 5.74) is -0.734. The predicted molar refractivity (Wildman–Crippen MR) is 42.9 cm³/mol. The second kappa shape index (κ2) is 3.46. The smallest absolute Gasteiger partial charge is 0.156 e. The van der Waals surface area contributed by atoms with Crippen molar-refractivity contribution in [3.05, 3.63) is 4.91 Å². The highest BCUT2D eigenvalue weighted by Gasteiger charge is 2.32. The minimum atomic E-state index is -0.734. The molecule has 0 aromatic heterocycles. The molecule has 0 saturated heterocycles. The lowest BCUT2D eigenvalue weighted by Crippen LogP contribution is -2.45. The van der Waals surface area contributed by atoms with Gasteiger partial charge in [0.25, 0.3) is 0 Å².